The zero-order valence-corrected chi connectivity index (χ0v) is 10.3. The highest BCUT2D eigenvalue weighted by Gasteiger charge is 2.08. The van der Waals surface area contributed by atoms with Gasteiger partial charge in [-0.25, -0.2) is 9.67 Å². The average Bonchev–Trinajstić information content (AvgIpc) is 2.71. The molecule has 0 bridgehead atoms. The molecule has 0 atom stereocenters. The molecule has 3 aromatic rings. The first-order chi connectivity index (χ1) is 8.66. The lowest BCUT2D eigenvalue weighted by molar-refractivity contribution is 0.856. The van der Waals surface area contributed by atoms with Crippen LogP contribution in [0.25, 0.3) is 16.7 Å². The van der Waals surface area contributed by atoms with Gasteiger partial charge in [0.2, 0.25) is 0 Å². The molecule has 0 unspecified atom stereocenters. The van der Waals surface area contributed by atoms with Crippen molar-refractivity contribution in [2.75, 3.05) is 0 Å². The van der Waals surface area contributed by atoms with E-state index in [4.69, 9.17) is 0 Å². The van der Waals surface area contributed by atoms with E-state index in [1.54, 1.807) is 18.3 Å². The van der Waals surface area contributed by atoms with Gasteiger partial charge in [-0.15, -0.1) is 0 Å². The van der Waals surface area contributed by atoms with Crippen LogP contribution in [-0.2, 0) is 0 Å². The summed E-state index contributed by atoms with van der Waals surface area (Å²) in [7, 11) is 0. The number of hydrogen-bond donors (Lipinski definition) is 1. The second kappa shape index (κ2) is 3.84. The molecule has 0 spiro atoms. The summed E-state index contributed by atoms with van der Waals surface area (Å²) >= 11 is 0. The summed E-state index contributed by atoms with van der Waals surface area (Å²) in [5, 5.41) is 3.63. The number of fused-ring (bicyclic) bond motifs is 1. The van der Waals surface area contributed by atoms with Crippen molar-refractivity contribution in [3.8, 4) is 5.69 Å². The van der Waals surface area contributed by atoms with E-state index in [2.05, 4.69) is 17.0 Å². The smallest absolute Gasteiger partial charge is 0.274 e. The minimum absolute atomic E-state index is 0.0682. The van der Waals surface area contributed by atoms with Gasteiger partial charge in [-0.3, -0.25) is 9.89 Å². The van der Waals surface area contributed by atoms with Gasteiger partial charge in [0.1, 0.15) is 0 Å². The Balaban J connectivity index is 2.28. The SMILES string of the molecule is Cc1ccc(-n2[nH]c3ncccc3c2=O)cc1C. The quantitative estimate of drug-likeness (QED) is 0.708. The molecule has 2 heterocycles. The molecular weight excluding hydrogens is 226 g/mol. The number of nitrogens with one attached hydrogen (secondary N) is 1. The fourth-order valence-electron chi connectivity index (χ4n) is 1.99. The Bertz CT molecular complexity index is 783. The van der Waals surface area contributed by atoms with E-state index in [1.807, 2.05) is 25.1 Å². The summed E-state index contributed by atoms with van der Waals surface area (Å²) in [6.45, 7) is 4.08. The van der Waals surface area contributed by atoms with Gasteiger partial charge in [-0.2, -0.15) is 0 Å². The Hall–Kier alpha value is -2.36. The number of aryl methyl sites for hydroxylation is 2. The molecule has 90 valence electrons. The molecule has 0 aliphatic carbocycles. The Morgan fingerprint density at radius 1 is 1.17 bits per heavy atom. The van der Waals surface area contributed by atoms with Crippen LogP contribution in [0.3, 0.4) is 0 Å². The van der Waals surface area contributed by atoms with Crippen molar-refractivity contribution in [2.45, 2.75) is 13.8 Å². The van der Waals surface area contributed by atoms with Crippen LogP contribution in [0.4, 0.5) is 0 Å². The molecule has 18 heavy (non-hydrogen) atoms. The Kier molecular flexibility index (Phi) is 2.30. The maximum atomic E-state index is 12.2. The van der Waals surface area contributed by atoms with E-state index < -0.39 is 0 Å². The third kappa shape index (κ3) is 1.54. The van der Waals surface area contributed by atoms with Gasteiger partial charge >= 0.3 is 0 Å². The summed E-state index contributed by atoms with van der Waals surface area (Å²) in [4.78, 5) is 16.4. The van der Waals surface area contributed by atoms with Gasteiger partial charge in [0, 0.05) is 6.20 Å². The van der Waals surface area contributed by atoms with E-state index in [0.717, 1.165) is 11.3 Å². The predicted molar refractivity (Wildman–Crippen MR) is 71.2 cm³/mol. The van der Waals surface area contributed by atoms with Crippen molar-refractivity contribution in [1.82, 2.24) is 14.8 Å². The van der Waals surface area contributed by atoms with E-state index in [1.165, 1.54) is 10.2 Å². The standard InChI is InChI=1S/C14H13N3O/c1-9-5-6-11(8-10(9)2)17-14(18)12-4-3-7-15-13(12)16-17/h3-8H,1-2H3,(H,15,16). The summed E-state index contributed by atoms with van der Waals surface area (Å²) in [5.41, 5.74) is 3.75. The fraction of sp³-hybridized carbons (Fsp3) is 0.143. The molecule has 0 radical (unpaired) electrons. The molecular formula is C14H13N3O. The lowest BCUT2D eigenvalue weighted by Gasteiger charge is -2.04. The lowest BCUT2D eigenvalue weighted by atomic mass is 10.1. The number of aromatic nitrogens is 3. The van der Waals surface area contributed by atoms with Crippen LogP contribution in [0.5, 0.6) is 0 Å². The first kappa shape index (κ1) is 10.8. The Morgan fingerprint density at radius 2 is 2.00 bits per heavy atom. The zero-order chi connectivity index (χ0) is 12.7. The van der Waals surface area contributed by atoms with Gasteiger partial charge in [-0.1, -0.05) is 6.07 Å². The van der Waals surface area contributed by atoms with Crippen LogP contribution < -0.4 is 5.56 Å². The maximum Gasteiger partial charge on any atom is 0.280 e. The van der Waals surface area contributed by atoms with Gasteiger partial charge in [0.25, 0.3) is 5.56 Å². The molecule has 4 heteroatoms. The van der Waals surface area contributed by atoms with Crippen LogP contribution in [0, 0.1) is 13.8 Å². The fourth-order valence-corrected chi connectivity index (χ4v) is 1.99. The molecule has 2 aromatic heterocycles. The molecule has 1 aromatic carbocycles. The third-order valence-corrected chi connectivity index (χ3v) is 3.21. The van der Waals surface area contributed by atoms with Crippen molar-refractivity contribution < 1.29 is 0 Å². The molecule has 1 N–H and O–H groups in total. The number of pyridine rings is 1. The molecule has 3 rings (SSSR count). The number of rotatable bonds is 1. The van der Waals surface area contributed by atoms with Crippen LogP contribution in [0.15, 0.2) is 41.3 Å². The second-order valence-electron chi connectivity index (χ2n) is 4.42. The van der Waals surface area contributed by atoms with Crippen LogP contribution in [-0.4, -0.2) is 14.8 Å². The number of hydrogen-bond acceptors (Lipinski definition) is 2. The molecule has 0 aliphatic heterocycles. The van der Waals surface area contributed by atoms with E-state index in [-0.39, 0.29) is 5.56 Å². The number of benzene rings is 1. The Morgan fingerprint density at radius 3 is 2.72 bits per heavy atom. The van der Waals surface area contributed by atoms with Gasteiger partial charge in [0.15, 0.2) is 5.65 Å². The highest BCUT2D eigenvalue weighted by Crippen LogP contribution is 2.13. The molecule has 0 amide bonds. The van der Waals surface area contributed by atoms with Crippen LogP contribution in [0.2, 0.25) is 0 Å². The minimum atomic E-state index is -0.0682. The highest BCUT2D eigenvalue weighted by atomic mass is 16.1. The van der Waals surface area contributed by atoms with Crippen molar-refractivity contribution in [2.24, 2.45) is 0 Å². The summed E-state index contributed by atoms with van der Waals surface area (Å²) in [6.07, 6.45) is 1.67. The van der Waals surface area contributed by atoms with Gasteiger partial charge < -0.3 is 0 Å². The molecule has 0 saturated heterocycles. The molecule has 0 fully saturated rings. The van der Waals surface area contributed by atoms with Gasteiger partial charge in [0.05, 0.1) is 11.1 Å². The summed E-state index contributed by atoms with van der Waals surface area (Å²) in [5.74, 6) is 0. The number of nitrogens with zero attached hydrogens (tertiary/aromatic N) is 2. The Labute approximate surface area is 104 Å². The molecule has 0 saturated carbocycles. The highest BCUT2D eigenvalue weighted by molar-refractivity contribution is 5.73. The third-order valence-electron chi connectivity index (χ3n) is 3.21. The first-order valence-electron chi connectivity index (χ1n) is 5.80. The molecule has 4 nitrogen and oxygen atoms in total. The van der Waals surface area contributed by atoms with Crippen molar-refractivity contribution >= 4 is 11.0 Å². The van der Waals surface area contributed by atoms with E-state index in [9.17, 15) is 4.79 Å². The van der Waals surface area contributed by atoms with E-state index in [0.29, 0.717) is 11.0 Å². The zero-order valence-electron chi connectivity index (χ0n) is 10.3. The monoisotopic (exact) mass is 239 g/mol. The van der Waals surface area contributed by atoms with Crippen molar-refractivity contribution in [3.05, 3.63) is 58.0 Å². The van der Waals surface area contributed by atoms with Crippen LogP contribution >= 0.6 is 0 Å². The summed E-state index contributed by atoms with van der Waals surface area (Å²) < 4.78 is 1.53. The number of H-pyrrole nitrogens is 1. The normalized spacial score (nSPS) is 11.0. The number of aromatic amines is 1. The average molecular weight is 239 g/mol. The van der Waals surface area contributed by atoms with Gasteiger partial charge in [-0.05, 0) is 49.2 Å². The van der Waals surface area contributed by atoms with Crippen LogP contribution in [0.1, 0.15) is 11.1 Å². The largest absolute Gasteiger partial charge is 0.280 e. The molecule has 0 aliphatic rings. The maximum absolute atomic E-state index is 12.2. The van der Waals surface area contributed by atoms with Crippen molar-refractivity contribution in [3.63, 3.8) is 0 Å². The summed E-state index contributed by atoms with van der Waals surface area (Å²) in [6, 6.07) is 9.47. The van der Waals surface area contributed by atoms with Crippen molar-refractivity contribution in [1.29, 1.82) is 0 Å². The minimum Gasteiger partial charge on any atom is -0.274 e. The second-order valence-corrected chi connectivity index (χ2v) is 4.42. The first-order valence-corrected chi connectivity index (χ1v) is 5.80. The van der Waals surface area contributed by atoms with E-state index >= 15 is 0 Å². The predicted octanol–water partition coefficient (Wildman–Crippen LogP) is 2.33. The lowest BCUT2D eigenvalue weighted by Crippen LogP contribution is -2.14. The topological polar surface area (TPSA) is 50.7 Å².